The van der Waals surface area contributed by atoms with E-state index in [1.165, 1.54) is 51.4 Å². The maximum Gasteiger partial charge on any atom is 0.0544 e. The van der Waals surface area contributed by atoms with Crippen molar-refractivity contribution in [3.05, 3.63) is 0 Å². The minimum Gasteiger partial charge on any atom is -0.380 e. The van der Waals surface area contributed by atoms with Gasteiger partial charge in [0, 0.05) is 10.8 Å². The molecule has 2 heteroatoms. The summed E-state index contributed by atoms with van der Waals surface area (Å²) >= 11 is 0. The fourth-order valence-electron chi connectivity index (χ4n) is 5.02. The number of hydrogen-bond acceptors (Lipinski definition) is 2. The van der Waals surface area contributed by atoms with E-state index in [4.69, 9.17) is 9.47 Å². The molecule has 4 aliphatic rings. The summed E-state index contributed by atoms with van der Waals surface area (Å²) in [5.74, 6) is 2.84. The average Bonchev–Trinajstić information content (AvgIpc) is 2.45. The highest BCUT2D eigenvalue weighted by Gasteiger charge is 2.42. The fourth-order valence-corrected chi connectivity index (χ4v) is 5.02. The second-order valence-corrected chi connectivity index (χ2v) is 9.27. The summed E-state index contributed by atoms with van der Waals surface area (Å²) in [6.45, 7) is 11.3. The van der Waals surface area contributed by atoms with Gasteiger partial charge in [-0.3, -0.25) is 0 Å². The second kappa shape index (κ2) is 6.81. The molecule has 2 heterocycles. The third kappa shape index (κ3) is 3.70. The molecule has 2 saturated carbocycles. The van der Waals surface area contributed by atoms with E-state index in [2.05, 4.69) is 20.8 Å². The van der Waals surface area contributed by atoms with Gasteiger partial charge in [-0.15, -0.1) is 0 Å². The third-order valence-corrected chi connectivity index (χ3v) is 6.85. The van der Waals surface area contributed by atoms with Crippen LogP contribution in [-0.2, 0) is 9.47 Å². The van der Waals surface area contributed by atoms with E-state index in [1.54, 1.807) is 0 Å². The van der Waals surface area contributed by atoms with E-state index < -0.39 is 0 Å². The van der Waals surface area contributed by atoms with E-state index in [9.17, 15) is 0 Å². The van der Waals surface area contributed by atoms with Crippen LogP contribution < -0.4 is 0 Å². The first-order valence-corrected chi connectivity index (χ1v) is 9.68. The van der Waals surface area contributed by atoms with Crippen LogP contribution in [0.15, 0.2) is 0 Å². The molecule has 0 bridgehead atoms. The quantitative estimate of drug-likeness (QED) is 0.674. The van der Waals surface area contributed by atoms with E-state index in [0.29, 0.717) is 10.8 Å². The highest BCUT2D eigenvalue weighted by molar-refractivity contribution is 4.91. The Bertz CT molecular complexity index is 345. The summed E-state index contributed by atoms with van der Waals surface area (Å²) in [7, 11) is 0. The normalized spacial score (nSPS) is 33.0. The SMILES string of the molecule is CC(C)C1CCC2(CC1)COC2.CC1CCCC2(COC2)C1. The maximum absolute atomic E-state index is 5.31. The van der Waals surface area contributed by atoms with Gasteiger partial charge in [0.2, 0.25) is 0 Å². The molecule has 2 spiro atoms. The van der Waals surface area contributed by atoms with E-state index in [-0.39, 0.29) is 0 Å². The largest absolute Gasteiger partial charge is 0.380 e. The van der Waals surface area contributed by atoms with Gasteiger partial charge in [0.15, 0.2) is 0 Å². The number of ether oxygens (including phenoxy) is 2. The molecule has 128 valence electrons. The maximum atomic E-state index is 5.31. The van der Waals surface area contributed by atoms with Crippen LogP contribution in [0.2, 0.25) is 0 Å². The molecule has 22 heavy (non-hydrogen) atoms. The molecular formula is C20H36O2. The zero-order valence-corrected chi connectivity index (χ0v) is 15.0. The van der Waals surface area contributed by atoms with Gasteiger partial charge in [-0.05, 0) is 56.3 Å². The van der Waals surface area contributed by atoms with Crippen molar-refractivity contribution in [2.45, 2.75) is 72.1 Å². The van der Waals surface area contributed by atoms with Gasteiger partial charge in [0.25, 0.3) is 0 Å². The summed E-state index contributed by atoms with van der Waals surface area (Å²) in [4.78, 5) is 0. The monoisotopic (exact) mass is 308 g/mol. The molecule has 0 aromatic carbocycles. The van der Waals surface area contributed by atoms with E-state index in [0.717, 1.165) is 44.2 Å². The molecule has 4 fully saturated rings. The Labute approximate surface area is 137 Å². The topological polar surface area (TPSA) is 18.5 Å². The summed E-state index contributed by atoms with van der Waals surface area (Å²) in [6.07, 6.45) is 11.5. The Kier molecular flexibility index (Phi) is 5.19. The molecule has 1 unspecified atom stereocenters. The Morgan fingerprint density at radius 2 is 1.41 bits per heavy atom. The van der Waals surface area contributed by atoms with Crippen molar-refractivity contribution >= 4 is 0 Å². The van der Waals surface area contributed by atoms with Gasteiger partial charge >= 0.3 is 0 Å². The zero-order chi connectivity index (χ0) is 15.6. The van der Waals surface area contributed by atoms with Crippen molar-refractivity contribution in [3.63, 3.8) is 0 Å². The Hall–Kier alpha value is -0.0800. The van der Waals surface area contributed by atoms with Crippen LogP contribution in [-0.4, -0.2) is 26.4 Å². The van der Waals surface area contributed by atoms with Crippen LogP contribution in [0.1, 0.15) is 72.1 Å². The Balaban J connectivity index is 0.000000133. The molecule has 2 nitrogen and oxygen atoms in total. The lowest BCUT2D eigenvalue weighted by Gasteiger charge is -2.47. The summed E-state index contributed by atoms with van der Waals surface area (Å²) in [5.41, 5.74) is 1.29. The zero-order valence-electron chi connectivity index (χ0n) is 15.0. The summed E-state index contributed by atoms with van der Waals surface area (Å²) in [5, 5.41) is 0. The van der Waals surface area contributed by atoms with Gasteiger partial charge in [0.1, 0.15) is 0 Å². The van der Waals surface area contributed by atoms with Crippen molar-refractivity contribution in [3.8, 4) is 0 Å². The highest BCUT2D eigenvalue weighted by atomic mass is 16.5. The smallest absolute Gasteiger partial charge is 0.0544 e. The lowest BCUT2D eigenvalue weighted by molar-refractivity contribution is -0.138. The molecule has 2 aliphatic carbocycles. The molecule has 0 amide bonds. The molecule has 4 rings (SSSR count). The fraction of sp³-hybridized carbons (Fsp3) is 1.00. The van der Waals surface area contributed by atoms with Gasteiger partial charge in [-0.1, -0.05) is 33.6 Å². The van der Waals surface area contributed by atoms with Crippen molar-refractivity contribution in [2.24, 2.45) is 28.6 Å². The van der Waals surface area contributed by atoms with Crippen LogP contribution in [0, 0.1) is 28.6 Å². The standard InChI is InChI=1S/C11H20O.C9H16O/c1-9(2)10-3-5-11(6-4-10)7-12-8-11;1-8-3-2-4-9(5-8)6-10-7-9/h9-10H,3-8H2,1-2H3;8H,2-7H2,1H3. The summed E-state index contributed by atoms with van der Waals surface area (Å²) in [6, 6.07) is 0. The molecular weight excluding hydrogens is 272 g/mol. The van der Waals surface area contributed by atoms with Crippen molar-refractivity contribution in [1.82, 2.24) is 0 Å². The first-order chi connectivity index (χ1) is 10.5. The van der Waals surface area contributed by atoms with Crippen LogP contribution >= 0.6 is 0 Å². The molecule has 0 aromatic heterocycles. The Morgan fingerprint density at radius 1 is 0.818 bits per heavy atom. The minimum atomic E-state index is 0.644. The number of rotatable bonds is 1. The van der Waals surface area contributed by atoms with E-state index in [1.807, 2.05) is 0 Å². The van der Waals surface area contributed by atoms with Gasteiger partial charge in [-0.25, -0.2) is 0 Å². The lowest BCUT2D eigenvalue weighted by atomic mass is 9.67. The molecule has 0 aromatic rings. The molecule has 1 atom stereocenters. The van der Waals surface area contributed by atoms with Crippen molar-refractivity contribution < 1.29 is 9.47 Å². The van der Waals surface area contributed by atoms with Gasteiger partial charge < -0.3 is 9.47 Å². The second-order valence-electron chi connectivity index (χ2n) is 9.27. The minimum absolute atomic E-state index is 0.644. The average molecular weight is 309 g/mol. The van der Waals surface area contributed by atoms with Crippen LogP contribution in [0.4, 0.5) is 0 Å². The predicted molar refractivity (Wildman–Crippen MR) is 90.9 cm³/mol. The lowest BCUT2D eigenvalue weighted by Crippen LogP contribution is -2.45. The molecule has 2 saturated heterocycles. The first-order valence-electron chi connectivity index (χ1n) is 9.68. The summed E-state index contributed by atoms with van der Waals surface area (Å²) < 4.78 is 10.6. The van der Waals surface area contributed by atoms with Gasteiger partial charge in [-0.2, -0.15) is 0 Å². The Morgan fingerprint density at radius 3 is 1.77 bits per heavy atom. The molecule has 2 aliphatic heterocycles. The third-order valence-electron chi connectivity index (χ3n) is 6.85. The highest BCUT2D eigenvalue weighted by Crippen LogP contribution is 2.46. The van der Waals surface area contributed by atoms with E-state index >= 15 is 0 Å². The van der Waals surface area contributed by atoms with Gasteiger partial charge in [0.05, 0.1) is 26.4 Å². The van der Waals surface area contributed by atoms with Crippen LogP contribution in [0.5, 0.6) is 0 Å². The van der Waals surface area contributed by atoms with Crippen molar-refractivity contribution in [1.29, 1.82) is 0 Å². The molecule has 0 N–H and O–H groups in total. The molecule has 0 radical (unpaired) electrons. The number of hydrogen-bond donors (Lipinski definition) is 0. The van der Waals surface area contributed by atoms with Crippen LogP contribution in [0.3, 0.4) is 0 Å². The predicted octanol–water partition coefficient (Wildman–Crippen LogP) is 5.06. The first kappa shape index (κ1) is 16.8. The van der Waals surface area contributed by atoms with Crippen molar-refractivity contribution in [2.75, 3.05) is 26.4 Å². The van der Waals surface area contributed by atoms with Crippen LogP contribution in [0.25, 0.3) is 0 Å².